The Morgan fingerprint density at radius 3 is 2.31 bits per heavy atom. The van der Waals surface area contributed by atoms with Crippen molar-refractivity contribution in [2.75, 3.05) is 6.54 Å². The van der Waals surface area contributed by atoms with Gasteiger partial charge in [0, 0.05) is 6.54 Å². The topological polar surface area (TPSA) is 46.2 Å². The maximum atomic E-state index is 12.0. The van der Waals surface area contributed by atoms with Gasteiger partial charge in [-0.3, -0.25) is 0 Å². The zero-order valence-electron chi connectivity index (χ0n) is 8.63. The lowest BCUT2D eigenvalue weighted by Crippen LogP contribution is -2.39. The van der Waals surface area contributed by atoms with Crippen LogP contribution in [-0.4, -0.2) is 20.5 Å². The standard InChI is InChI=1S/C9H14F3NO2S/c10-9(11,12)16(14,15)13-5-8-4-6-1-2-7(8)3-6/h6-8,13H,1-5H2. The van der Waals surface area contributed by atoms with Crippen molar-refractivity contribution >= 4 is 10.0 Å². The summed E-state index contributed by atoms with van der Waals surface area (Å²) in [5, 5.41) is 0. The normalized spacial score (nSPS) is 34.6. The minimum Gasteiger partial charge on any atom is -0.207 e. The van der Waals surface area contributed by atoms with Crippen molar-refractivity contribution in [1.82, 2.24) is 4.72 Å². The highest BCUT2D eigenvalue weighted by atomic mass is 32.2. The summed E-state index contributed by atoms with van der Waals surface area (Å²) in [6.07, 6.45) is 4.10. The van der Waals surface area contributed by atoms with E-state index in [-0.39, 0.29) is 12.5 Å². The SMILES string of the molecule is O=S(=O)(NCC1CC2CCC1C2)C(F)(F)F. The van der Waals surface area contributed by atoms with Crippen LogP contribution in [0.15, 0.2) is 0 Å². The van der Waals surface area contributed by atoms with Crippen molar-refractivity contribution < 1.29 is 21.6 Å². The monoisotopic (exact) mass is 257 g/mol. The molecular weight excluding hydrogens is 243 g/mol. The van der Waals surface area contributed by atoms with Gasteiger partial charge in [0.1, 0.15) is 0 Å². The van der Waals surface area contributed by atoms with Crippen LogP contribution < -0.4 is 4.72 Å². The molecule has 2 bridgehead atoms. The smallest absolute Gasteiger partial charge is 0.207 e. The number of fused-ring (bicyclic) bond motifs is 2. The average molecular weight is 257 g/mol. The molecule has 0 saturated heterocycles. The number of sulfonamides is 1. The Morgan fingerprint density at radius 2 is 1.88 bits per heavy atom. The molecule has 0 aromatic carbocycles. The first-order valence-corrected chi connectivity index (χ1v) is 6.84. The number of hydrogen-bond acceptors (Lipinski definition) is 2. The Labute approximate surface area is 92.5 Å². The van der Waals surface area contributed by atoms with Crippen molar-refractivity contribution in [3.63, 3.8) is 0 Å². The molecule has 2 aliphatic carbocycles. The third-order valence-electron chi connectivity index (χ3n) is 3.72. The largest absolute Gasteiger partial charge is 0.511 e. The quantitative estimate of drug-likeness (QED) is 0.838. The summed E-state index contributed by atoms with van der Waals surface area (Å²) >= 11 is 0. The molecule has 2 aliphatic rings. The summed E-state index contributed by atoms with van der Waals surface area (Å²) in [7, 11) is -5.15. The lowest BCUT2D eigenvalue weighted by molar-refractivity contribution is -0.0449. The summed E-state index contributed by atoms with van der Waals surface area (Å²) in [5.41, 5.74) is -5.19. The van der Waals surface area contributed by atoms with Crippen molar-refractivity contribution in [3.8, 4) is 0 Å². The van der Waals surface area contributed by atoms with E-state index in [1.54, 1.807) is 4.72 Å². The molecule has 2 rings (SSSR count). The second-order valence-electron chi connectivity index (χ2n) is 4.73. The Balaban J connectivity index is 1.89. The molecule has 0 aromatic rings. The molecule has 16 heavy (non-hydrogen) atoms. The second kappa shape index (κ2) is 3.87. The van der Waals surface area contributed by atoms with Crippen LogP contribution in [0.5, 0.6) is 0 Å². The third kappa shape index (κ3) is 2.20. The second-order valence-corrected chi connectivity index (χ2v) is 6.49. The van der Waals surface area contributed by atoms with Gasteiger partial charge in [-0.15, -0.1) is 0 Å². The van der Waals surface area contributed by atoms with E-state index in [9.17, 15) is 21.6 Å². The van der Waals surface area contributed by atoms with Crippen LogP contribution in [0.2, 0.25) is 0 Å². The number of alkyl halides is 3. The molecule has 0 heterocycles. The van der Waals surface area contributed by atoms with Crippen molar-refractivity contribution in [2.24, 2.45) is 17.8 Å². The number of hydrogen-bond donors (Lipinski definition) is 1. The van der Waals surface area contributed by atoms with Gasteiger partial charge in [0.2, 0.25) is 0 Å². The van der Waals surface area contributed by atoms with Gasteiger partial charge in [-0.2, -0.15) is 13.2 Å². The van der Waals surface area contributed by atoms with Crippen molar-refractivity contribution in [2.45, 2.75) is 31.2 Å². The van der Waals surface area contributed by atoms with Crippen molar-refractivity contribution in [3.05, 3.63) is 0 Å². The highest BCUT2D eigenvalue weighted by Crippen LogP contribution is 2.48. The minimum absolute atomic E-state index is 0.0665. The molecule has 0 aliphatic heterocycles. The van der Waals surface area contributed by atoms with Crippen LogP contribution in [0, 0.1) is 17.8 Å². The molecule has 2 fully saturated rings. The lowest BCUT2D eigenvalue weighted by Gasteiger charge is -2.22. The Kier molecular flexibility index (Phi) is 2.94. The van der Waals surface area contributed by atoms with Crippen LogP contribution in [0.3, 0.4) is 0 Å². The minimum atomic E-state index is -5.19. The van der Waals surface area contributed by atoms with E-state index in [2.05, 4.69) is 0 Å². The Bertz CT molecular complexity index is 365. The zero-order valence-corrected chi connectivity index (χ0v) is 9.44. The van der Waals surface area contributed by atoms with Gasteiger partial charge < -0.3 is 0 Å². The average Bonchev–Trinajstić information content (AvgIpc) is 2.73. The molecule has 0 radical (unpaired) electrons. The van der Waals surface area contributed by atoms with Gasteiger partial charge in [0.15, 0.2) is 0 Å². The van der Waals surface area contributed by atoms with Gasteiger partial charge in [-0.1, -0.05) is 6.42 Å². The fraction of sp³-hybridized carbons (Fsp3) is 1.00. The molecule has 1 N–H and O–H groups in total. The summed E-state index contributed by atoms with van der Waals surface area (Å²) < 4.78 is 59.4. The van der Waals surface area contributed by atoms with E-state index in [1.165, 1.54) is 0 Å². The third-order valence-corrected chi connectivity index (χ3v) is 4.88. The number of nitrogens with one attached hydrogen (secondary N) is 1. The molecule has 7 heteroatoms. The molecule has 3 nitrogen and oxygen atoms in total. The lowest BCUT2D eigenvalue weighted by atomic mass is 9.89. The van der Waals surface area contributed by atoms with Crippen molar-refractivity contribution in [1.29, 1.82) is 0 Å². The van der Waals surface area contributed by atoms with E-state index in [0.717, 1.165) is 25.7 Å². The van der Waals surface area contributed by atoms with Crippen LogP contribution >= 0.6 is 0 Å². The maximum Gasteiger partial charge on any atom is 0.511 e. The Hall–Kier alpha value is -0.300. The fourth-order valence-corrected chi connectivity index (χ4v) is 3.52. The van der Waals surface area contributed by atoms with E-state index < -0.39 is 15.5 Å². The highest BCUT2D eigenvalue weighted by molar-refractivity contribution is 7.90. The molecule has 3 unspecified atom stereocenters. The number of rotatable bonds is 3. The highest BCUT2D eigenvalue weighted by Gasteiger charge is 2.47. The van der Waals surface area contributed by atoms with E-state index in [1.807, 2.05) is 0 Å². The first-order chi connectivity index (χ1) is 7.29. The van der Waals surface area contributed by atoms with Gasteiger partial charge in [-0.25, -0.2) is 13.1 Å². The van der Waals surface area contributed by atoms with E-state index in [4.69, 9.17) is 0 Å². The van der Waals surface area contributed by atoms with Crippen LogP contribution in [0.25, 0.3) is 0 Å². The molecule has 94 valence electrons. The van der Waals surface area contributed by atoms with E-state index >= 15 is 0 Å². The Morgan fingerprint density at radius 1 is 1.19 bits per heavy atom. The number of halogens is 3. The van der Waals surface area contributed by atoms with Gasteiger partial charge in [-0.05, 0) is 37.0 Å². The summed E-state index contributed by atoms with van der Waals surface area (Å²) in [6.45, 7) is -0.0665. The predicted octanol–water partition coefficient (Wildman–Crippen LogP) is 1.86. The first kappa shape index (κ1) is 12.2. The van der Waals surface area contributed by atoms with Crippen LogP contribution in [0.1, 0.15) is 25.7 Å². The van der Waals surface area contributed by atoms with Gasteiger partial charge in [0.25, 0.3) is 0 Å². The molecule has 0 spiro atoms. The summed E-state index contributed by atoms with van der Waals surface area (Å²) in [4.78, 5) is 0. The van der Waals surface area contributed by atoms with Gasteiger partial charge in [0.05, 0.1) is 0 Å². The first-order valence-electron chi connectivity index (χ1n) is 5.35. The molecule has 0 amide bonds. The summed E-state index contributed by atoms with van der Waals surface area (Å²) in [5.74, 6) is 1.11. The van der Waals surface area contributed by atoms with Gasteiger partial charge >= 0.3 is 15.5 Å². The fourth-order valence-electron chi connectivity index (χ4n) is 2.93. The zero-order chi connectivity index (χ0) is 12.0. The van der Waals surface area contributed by atoms with E-state index in [0.29, 0.717) is 11.8 Å². The molecule has 0 aromatic heterocycles. The van der Waals surface area contributed by atoms with Crippen LogP contribution in [-0.2, 0) is 10.0 Å². The summed E-state index contributed by atoms with van der Waals surface area (Å²) in [6, 6.07) is 0. The maximum absolute atomic E-state index is 12.0. The molecular formula is C9H14F3NO2S. The molecule has 3 atom stereocenters. The van der Waals surface area contributed by atoms with Crippen LogP contribution in [0.4, 0.5) is 13.2 Å². The predicted molar refractivity (Wildman–Crippen MR) is 51.9 cm³/mol. The molecule has 2 saturated carbocycles.